The van der Waals surface area contributed by atoms with E-state index in [0.717, 1.165) is 19.3 Å². The van der Waals surface area contributed by atoms with Crippen LogP contribution in [0, 0.1) is 0 Å². The van der Waals surface area contributed by atoms with Crippen LogP contribution in [0.1, 0.15) is 39.5 Å². The molecule has 1 heterocycles. The monoisotopic (exact) mass is 242 g/mol. The number of hydrogen-bond acceptors (Lipinski definition) is 3. The fraction of sp³-hybridized carbons (Fsp3) is 0.833. The molecule has 0 aromatic heterocycles. The number of hydrogen-bond donors (Lipinski definition) is 2. The molecule has 2 N–H and O–H groups in total. The number of nitrogens with zero attached hydrogens (tertiary/aromatic N) is 1. The van der Waals surface area contributed by atoms with Gasteiger partial charge in [0.25, 0.3) is 0 Å². The Hall–Kier alpha value is -1.10. The van der Waals surface area contributed by atoms with E-state index in [4.69, 9.17) is 5.11 Å². The molecule has 98 valence electrons. The third-order valence-corrected chi connectivity index (χ3v) is 3.32. The van der Waals surface area contributed by atoms with E-state index < -0.39 is 5.97 Å². The van der Waals surface area contributed by atoms with Gasteiger partial charge in [0.05, 0.1) is 13.0 Å². The van der Waals surface area contributed by atoms with E-state index in [1.54, 1.807) is 4.90 Å². The maximum absolute atomic E-state index is 11.9. The van der Waals surface area contributed by atoms with Crippen LogP contribution >= 0.6 is 0 Å². The lowest BCUT2D eigenvalue weighted by Crippen LogP contribution is -2.43. The van der Waals surface area contributed by atoms with E-state index in [0.29, 0.717) is 19.1 Å². The normalized spacial score (nSPS) is 21.5. The van der Waals surface area contributed by atoms with Crippen LogP contribution < -0.4 is 5.32 Å². The van der Waals surface area contributed by atoms with Crippen molar-refractivity contribution in [3.8, 4) is 0 Å². The van der Waals surface area contributed by atoms with Gasteiger partial charge in [0.15, 0.2) is 0 Å². The predicted octanol–water partition coefficient (Wildman–Crippen LogP) is 0.840. The second-order valence-corrected chi connectivity index (χ2v) is 4.67. The zero-order chi connectivity index (χ0) is 12.8. The Bertz CT molecular complexity index is 281. The van der Waals surface area contributed by atoms with Gasteiger partial charge in [0.1, 0.15) is 0 Å². The van der Waals surface area contributed by atoms with E-state index in [2.05, 4.69) is 12.2 Å². The summed E-state index contributed by atoms with van der Waals surface area (Å²) in [4.78, 5) is 24.3. The maximum atomic E-state index is 11.9. The zero-order valence-corrected chi connectivity index (χ0v) is 10.6. The van der Waals surface area contributed by atoms with Crippen molar-refractivity contribution in [2.75, 3.05) is 13.1 Å². The van der Waals surface area contributed by atoms with E-state index in [1.807, 2.05) is 6.92 Å². The Balaban J connectivity index is 2.41. The molecule has 1 aliphatic rings. The van der Waals surface area contributed by atoms with Gasteiger partial charge < -0.3 is 15.3 Å². The van der Waals surface area contributed by atoms with Gasteiger partial charge in [-0.05, 0) is 26.2 Å². The van der Waals surface area contributed by atoms with Crippen molar-refractivity contribution in [1.29, 1.82) is 0 Å². The van der Waals surface area contributed by atoms with Gasteiger partial charge in [0.2, 0.25) is 5.91 Å². The third-order valence-electron chi connectivity index (χ3n) is 3.32. The molecular weight excluding hydrogens is 220 g/mol. The molecule has 5 heteroatoms. The van der Waals surface area contributed by atoms with Crippen LogP contribution in [0.25, 0.3) is 0 Å². The molecule has 0 aliphatic carbocycles. The number of nitrogens with one attached hydrogen (secondary N) is 1. The average Bonchev–Trinajstić information content (AvgIpc) is 2.72. The minimum Gasteiger partial charge on any atom is -0.481 e. The summed E-state index contributed by atoms with van der Waals surface area (Å²) in [5.74, 6) is -0.807. The van der Waals surface area contributed by atoms with Gasteiger partial charge in [-0.2, -0.15) is 0 Å². The van der Waals surface area contributed by atoms with Gasteiger partial charge in [-0.1, -0.05) is 6.92 Å². The Morgan fingerprint density at radius 2 is 2.24 bits per heavy atom. The lowest BCUT2D eigenvalue weighted by atomic mass is 10.1. The fourth-order valence-electron chi connectivity index (χ4n) is 2.09. The second-order valence-electron chi connectivity index (χ2n) is 4.67. The topological polar surface area (TPSA) is 69.6 Å². The van der Waals surface area contributed by atoms with Crippen molar-refractivity contribution in [3.63, 3.8) is 0 Å². The van der Waals surface area contributed by atoms with E-state index in [-0.39, 0.29) is 18.4 Å². The minimum atomic E-state index is -0.829. The molecule has 0 aromatic carbocycles. The van der Waals surface area contributed by atoms with Crippen molar-refractivity contribution in [2.45, 2.75) is 51.6 Å². The van der Waals surface area contributed by atoms with Gasteiger partial charge in [-0.3, -0.25) is 9.59 Å². The smallest absolute Gasteiger partial charge is 0.305 e. The summed E-state index contributed by atoms with van der Waals surface area (Å²) < 4.78 is 0. The van der Waals surface area contributed by atoms with Crippen molar-refractivity contribution in [2.24, 2.45) is 0 Å². The number of carboxylic acid groups (broad SMARTS) is 1. The second kappa shape index (κ2) is 6.59. The number of carbonyl (C=O) groups is 2. The molecule has 17 heavy (non-hydrogen) atoms. The van der Waals surface area contributed by atoms with Crippen LogP contribution in [0.2, 0.25) is 0 Å². The molecule has 1 saturated heterocycles. The Kier molecular flexibility index (Phi) is 5.41. The van der Waals surface area contributed by atoms with Crippen LogP contribution in [0.15, 0.2) is 0 Å². The number of aliphatic carboxylic acids is 1. The highest BCUT2D eigenvalue weighted by Gasteiger charge is 2.29. The lowest BCUT2D eigenvalue weighted by molar-refractivity contribution is -0.139. The van der Waals surface area contributed by atoms with Crippen LogP contribution in [0.3, 0.4) is 0 Å². The van der Waals surface area contributed by atoms with Gasteiger partial charge >= 0.3 is 5.97 Å². The number of amides is 1. The number of carboxylic acids is 1. The van der Waals surface area contributed by atoms with E-state index in [9.17, 15) is 9.59 Å². The summed E-state index contributed by atoms with van der Waals surface area (Å²) in [5, 5.41) is 11.9. The Morgan fingerprint density at radius 3 is 2.82 bits per heavy atom. The molecule has 5 nitrogen and oxygen atoms in total. The van der Waals surface area contributed by atoms with Crippen molar-refractivity contribution >= 4 is 11.9 Å². The van der Waals surface area contributed by atoms with Crippen molar-refractivity contribution < 1.29 is 14.7 Å². The SMILES string of the molecule is CCC(C)NCC(=O)N1CCCC1CC(=O)O. The highest BCUT2D eigenvalue weighted by atomic mass is 16.4. The maximum Gasteiger partial charge on any atom is 0.305 e. The number of likely N-dealkylation sites (tertiary alicyclic amines) is 1. The quantitative estimate of drug-likeness (QED) is 0.724. The van der Waals surface area contributed by atoms with E-state index >= 15 is 0 Å². The molecule has 2 unspecified atom stereocenters. The molecule has 0 bridgehead atoms. The largest absolute Gasteiger partial charge is 0.481 e. The fourth-order valence-corrected chi connectivity index (χ4v) is 2.09. The predicted molar refractivity (Wildman–Crippen MR) is 64.7 cm³/mol. The van der Waals surface area contributed by atoms with Gasteiger partial charge in [-0.25, -0.2) is 0 Å². The summed E-state index contributed by atoms with van der Waals surface area (Å²) in [6, 6.07) is 0.207. The first-order valence-electron chi connectivity index (χ1n) is 6.29. The first-order valence-corrected chi connectivity index (χ1v) is 6.29. The molecule has 1 amide bonds. The summed E-state index contributed by atoms with van der Waals surface area (Å²) >= 11 is 0. The first kappa shape index (κ1) is 14.0. The zero-order valence-electron chi connectivity index (χ0n) is 10.6. The first-order chi connectivity index (χ1) is 8.04. The molecule has 1 aliphatic heterocycles. The van der Waals surface area contributed by atoms with E-state index in [1.165, 1.54) is 0 Å². The average molecular weight is 242 g/mol. The van der Waals surface area contributed by atoms with Crippen LogP contribution in [-0.2, 0) is 9.59 Å². The minimum absolute atomic E-state index is 0.0223. The van der Waals surface area contributed by atoms with Gasteiger partial charge in [0, 0.05) is 18.6 Å². The Morgan fingerprint density at radius 1 is 1.53 bits per heavy atom. The van der Waals surface area contributed by atoms with Crippen LogP contribution in [-0.4, -0.2) is 47.1 Å². The molecular formula is C12H22N2O3. The van der Waals surface area contributed by atoms with Crippen molar-refractivity contribution in [3.05, 3.63) is 0 Å². The highest BCUT2D eigenvalue weighted by molar-refractivity contribution is 5.79. The molecule has 1 fully saturated rings. The summed E-state index contributed by atoms with van der Waals surface area (Å²) in [6.07, 6.45) is 2.76. The van der Waals surface area contributed by atoms with Crippen LogP contribution in [0.4, 0.5) is 0 Å². The van der Waals surface area contributed by atoms with Crippen LogP contribution in [0.5, 0.6) is 0 Å². The van der Waals surface area contributed by atoms with Gasteiger partial charge in [-0.15, -0.1) is 0 Å². The molecule has 2 atom stereocenters. The number of carbonyl (C=O) groups excluding carboxylic acids is 1. The molecule has 0 radical (unpaired) electrons. The lowest BCUT2D eigenvalue weighted by Gasteiger charge is -2.24. The standard InChI is InChI=1S/C12H22N2O3/c1-3-9(2)13-8-11(15)14-6-4-5-10(14)7-12(16)17/h9-10,13H,3-8H2,1-2H3,(H,16,17). The molecule has 0 saturated carbocycles. The third kappa shape index (κ3) is 4.34. The number of rotatable bonds is 6. The molecule has 0 aromatic rings. The summed E-state index contributed by atoms with van der Waals surface area (Å²) in [7, 11) is 0. The highest BCUT2D eigenvalue weighted by Crippen LogP contribution is 2.19. The molecule has 0 spiro atoms. The molecule has 1 rings (SSSR count). The van der Waals surface area contributed by atoms with Crippen molar-refractivity contribution in [1.82, 2.24) is 10.2 Å². The summed E-state index contributed by atoms with van der Waals surface area (Å²) in [6.45, 7) is 5.10. The summed E-state index contributed by atoms with van der Waals surface area (Å²) in [5.41, 5.74) is 0. The Labute approximate surface area is 102 Å².